The number of aromatic nitrogens is 1. The van der Waals surface area contributed by atoms with E-state index in [1.54, 1.807) is 11.3 Å². The number of hydrogen-bond donors (Lipinski definition) is 2. The highest BCUT2D eigenvalue weighted by Crippen LogP contribution is 2.11. The molecule has 0 saturated heterocycles. The molecular formula is C16H31IN4O2S2. The van der Waals surface area contributed by atoms with Crippen LogP contribution < -0.4 is 10.6 Å². The molecule has 146 valence electrons. The van der Waals surface area contributed by atoms with Crippen molar-refractivity contribution in [2.45, 2.75) is 52.5 Å². The topological polar surface area (TPSA) is 83.4 Å². The third-order valence-electron chi connectivity index (χ3n) is 3.38. The smallest absolute Gasteiger partial charge is 0.191 e. The van der Waals surface area contributed by atoms with Gasteiger partial charge in [-0.25, -0.2) is 13.4 Å². The van der Waals surface area contributed by atoms with Gasteiger partial charge in [0, 0.05) is 36.5 Å². The van der Waals surface area contributed by atoms with Gasteiger partial charge in [0.15, 0.2) is 5.96 Å². The maximum atomic E-state index is 11.2. The number of unbranched alkanes of at least 4 members (excludes halogenated alkanes) is 1. The zero-order valence-corrected chi connectivity index (χ0v) is 19.5. The van der Waals surface area contributed by atoms with Crippen LogP contribution in [0.25, 0.3) is 0 Å². The second kappa shape index (κ2) is 12.9. The fourth-order valence-electron chi connectivity index (χ4n) is 2.11. The Balaban J connectivity index is 0.00000576. The van der Waals surface area contributed by atoms with Crippen LogP contribution in [0.2, 0.25) is 0 Å². The molecule has 0 saturated carbocycles. The lowest BCUT2D eigenvalue weighted by Gasteiger charge is -2.17. The summed E-state index contributed by atoms with van der Waals surface area (Å²) in [5.74, 6) is 0.942. The molecule has 1 aromatic heterocycles. The van der Waals surface area contributed by atoms with Gasteiger partial charge in [-0.2, -0.15) is 0 Å². The van der Waals surface area contributed by atoms with Crippen LogP contribution >= 0.6 is 35.3 Å². The van der Waals surface area contributed by atoms with Gasteiger partial charge in [-0.05, 0) is 46.5 Å². The molecule has 25 heavy (non-hydrogen) atoms. The van der Waals surface area contributed by atoms with Crippen LogP contribution in [0, 0.1) is 6.92 Å². The Morgan fingerprint density at radius 1 is 1.40 bits per heavy atom. The van der Waals surface area contributed by atoms with E-state index in [2.05, 4.69) is 26.0 Å². The molecule has 0 bridgehead atoms. The Kier molecular flexibility index (Phi) is 12.6. The SMILES string of the molecule is CCNC(=NCCCCc1nc(C)cs1)NC(C)CCS(C)(=O)=O.I. The Labute approximate surface area is 173 Å². The van der Waals surface area contributed by atoms with E-state index in [0.29, 0.717) is 6.42 Å². The first-order valence-electron chi connectivity index (χ1n) is 8.43. The van der Waals surface area contributed by atoms with Gasteiger partial charge in [0.2, 0.25) is 0 Å². The zero-order chi connectivity index (χ0) is 18.0. The van der Waals surface area contributed by atoms with Gasteiger partial charge in [0.05, 0.1) is 10.8 Å². The van der Waals surface area contributed by atoms with Crippen LogP contribution in [-0.4, -0.2) is 50.5 Å². The summed E-state index contributed by atoms with van der Waals surface area (Å²) >= 11 is 1.72. The summed E-state index contributed by atoms with van der Waals surface area (Å²) in [6, 6.07) is 0.0656. The summed E-state index contributed by atoms with van der Waals surface area (Å²) in [6.45, 7) is 7.54. The highest BCUT2D eigenvalue weighted by Gasteiger charge is 2.09. The third kappa shape index (κ3) is 12.6. The molecule has 0 aromatic carbocycles. The number of hydrogen-bond acceptors (Lipinski definition) is 5. The minimum atomic E-state index is -2.92. The lowest BCUT2D eigenvalue weighted by Crippen LogP contribution is -2.42. The van der Waals surface area contributed by atoms with E-state index in [1.807, 2.05) is 20.8 Å². The van der Waals surface area contributed by atoms with Crippen molar-refractivity contribution in [3.05, 3.63) is 16.1 Å². The average molecular weight is 502 g/mol. The fourth-order valence-corrected chi connectivity index (χ4v) is 3.71. The van der Waals surface area contributed by atoms with E-state index in [1.165, 1.54) is 11.3 Å². The summed E-state index contributed by atoms with van der Waals surface area (Å²) in [6.07, 6.45) is 4.92. The number of thiazole rings is 1. The summed E-state index contributed by atoms with van der Waals surface area (Å²) < 4.78 is 22.5. The van der Waals surface area contributed by atoms with Gasteiger partial charge in [-0.15, -0.1) is 35.3 Å². The second-order valence-corrected chi connectivity index (χ2v) is 9.27. The Morgan fingerprint density at radius 3 is 2.68 bits per heavy atom. The molecule has 0 aliphatic carbocycles. The lowest BCUT2D eigenvalue weighted by molar-refractivity contribution is 0.581. The number of nitrogens with one attached hydrogen (secondary N) is 2. The molecule has 0 aliphatic rings. The van der Waals surface area contributed by atoms with Crippen LogP contribution in [0.5, 0.6) is 0 Å². The number of aliphatic imine (C=N–C) groups is 1. The van der Waals surface area contributed by atoms with E-state index < -0.39 is 9.84 Å². The van der Waals surface area contributed by atoms with E-state index in [4.69, 9.17) is 0 Å². The van der Waals surface area contributed by atoms with Gasteiger partial charge in [-0.3, -0.25) is 4.99 Å². The van der Waals surface area contributed by atoms with Crippen molar-refractivity contribution in [1.82, 2.24) is 15.6 Å². The van der Waals surface area contributed by atoms with Crippen molar-refractivity contribution < 1.29 is 8.42 Å². The van der Waals surface area contributed by atoms with Crippen molar-refractivity contribution in [3.63, 3.8) is 0 Å². The summed E-state index contributed by atoms with van der Waals surface area (Å²) in [4.78, 5) is 9.02. The highest BCUT2D eigenvalue weighted by molar-refractivity contribution is 14.0. The van der Waals surface area contributed by atoms with E-state index in [0.717, 1.165) is 44.0 Å². The monoisotopic (exact) mass is 502 g/mol. The fraction of sp³-hybridized carbons (Fsp3) is 0.750. The first-order chi connectivity index (χ1) is 11.3. The van der Waals surface area contributed by atoms with Crippen molar-refractivity contribution >= 4 is 51.1 Å². The quantitative estimate of drug-likeness (QED) is 0.223. The second-order valence-electron chi connectivity index (χ2n) is 6.06. The van der Waals surface area contributed by atoms with Crippen LogP contribution in [-0.2, 0) is 16.3 Å². The number of nitrogens with zero attached hydrogens (tertiary/aromatic N) is 2. The summed E-state index contributed by atoms with van der Waals surface area (Å²) in [5.41, 5.74) is 1.09. The summed E-state index contributed by atoms with van der Waals surface area (Å²) in [5, 5.41) is 9.74. The van der Waals surface area contributed by atoms with Gasteiger partial charge in [0.25, 0.3) is 0 Å². The normalized spacial score (nSPS) is 13.2. The van der Waals surface area contributed by atoms with Crippen molar-refractivity contribution in [2.75, 3.05) is 25.1 Å². The molecule has 1 aromatic rings. The predicted molar refractivity (Wildman–Crippen MR) is 118 cm³/mol. The minimum absolute atomic E-state index is 0. The van der Waals surface area contributed by atoms with Gasteiger partial charge in [-0.1, -0.05) is 0 Å². The Morgan fingerprint density at radius 2 is 2.12 bits per heavy atom. The molecule has 0 fully saturated rings. The van der Waals surface area contributed by atoms with Crippen LogP contribution in [0.15, 0.2) is 10.4 Å². The molecule has 0 amide bonds. The molecule has 6 nitrogen and oxygen atoms in total. The van der Waals surface area contributed by atoms with Crippen molar-refractivity contribution in [1.29, 1.82) is 0 Å². The van der Waals surface area contributed by atoms with Gasteiger partial charge < -0.3 is 10.6 Å². The number of guanidine groups is 1. The molecule has 1 rings (SSSR count). The van der Waals surface area contributed by atoms with E-state index in [-0.39, 0.29) is 35.8 Å². The van der Waals surface area contributed by atoms with E-state index in [9.17, 15) is 8.42 Å². The Bertz CT molecular complexity index is 617. The minimum Gasteiger partial charge on any atom is -0.357 e. The van der Waals surface area contributed by atoms with Gasteiger partial charge in [0.1, 0.15) is 9.84 Å². The van der Waals surface area contributed by atoms with Crippen LogP contribution in [0.1, 0.15) is 43.8 Å². The molecule has 9 heteroatoms. The lowest BCUT2D eigenvalue weighted by atomic mass is 10.2. The standard InChI is InChI=1S/C16H30N4O2S2.HI/c1-5-17-16(20-13(2)9-11-24(4,21)22)18-10-7-6-8-15-19-14(3)12-23-15;/h12-13H,5-11H2,1-4H3,(H2,17,18,20);1H. The number of sulfone groups is 1. The molecule has 0 radical (unpaired) electrons. The highest BCUT2D eigenvalue weighted by atomic mass is 127. The van der Waals surface area contributed by atoms with Crippen molar-refractivity contribution in [3.8, 4) is 0 Å². The first kappa shape index (κ1) is 24.6. The predicted octanol–water partition coefficient (Wildman–Crippen LogP) is 2.77. The molecule has 2 N–H and O–H groups in total. The van der Waals surface area contributed by atoms with Crippen molar-refractivity contribution in [2.24, 2.45) is 4.99 Å². The number of halogens is 1. The Hall–Kier alpha value is -0.420. The molecule has 1 heterocycles. The average Bonchev–Trinajstić information content (AvgIpc) is 2.90. The maximum Gasteiger partial charge on any atom is 0.191 e. The molecule has 1 unspecified atom stereocenters. The maximum absolute atomic E-state index is 11.2. The first-order valence-corrected chi connectivity index (χ1v) is 11.4. The van der Waals surface area contributed by atoms with Gasteiger partial charge >= 0.3 is 0 Å². The third-order valence-corrected chi connectivity index (χ3v) is 5.39. The summed E-state index contributed by atoms with van der Waals surface area (Å²) in [7, 11) is -2.92. The largest absolute Gasteiger partial charge is 0.357 e. The molecule has 0 aliphatic heterocycles. The molecular weight excluding hydrogens is 471 g/mol. The number of aryl methyl sites for hydroxylation is 2. The molecule has 1 atom stereocenters. The van der Waals surface area contributed by atoms with E-state index >= 15 is 0 Å². The van der Waals surface area contributed by atoms with Crippen LogP contribution in [0.3, 0.4) is 0 Å². The zero-order valence-electron chi connectivity index (χ0n) is 15.5. The number of rotatable bonds is 10. The molecule has 0 spiro atoms. The van der Waals surface area contributed by atoms with Crippen LogP contribution in [0.4, 0.5) is 0 Å².